The first kappa shape index (κ1) is 21.4. The van der Waals surface area contributed by atoms with E-state index in [4.69, 9.17) is 9.47 Å². The van der Waals surface area contributed by atoms with Gasteiger partial charge in [0.2, 0.25) is 11.8 Å². The number of carbonyl (C=O) groups is 2. The van der Waals surface area contributed by atoms with E-state index in [-0.39, 0.29) is 17.9 Å². The number of amides is 2. The molecule has 0 aromatic heterocycles. The Morgan fingerprint density at radius 1 is 1.03 bits per heavy atom. The molecule has 0 saturated carbocycles. The molecular formula is C24H28N2O4. The van der Waals surface area contributed by atoms with Gasteiger partial charge in [0.25, 0.3) is 0 Å². The number of rotatable bonds is 7. The lowest BCUT2D eigenvalue weighted by atomic mass is 10.0. The van der Waals surface area contributed by atoms with E-state index in [2.05, 4.69) is 5.32 Å². The lowest BCUT2D eigenvalue weighted by molar-refractivity contribution is -0.136. The summed E-state index contributed by atoms with van der Waals surface area (Å²) in [6.45, 7) is 2.42. The normalized spacial score (nSPS) is 17.0. The van der Waals surface area contributed by atoms with E-state index in [0.717, 1.165) is 35.5 Å². The molecule has 2 aromatic carbocycles. The molecule has 3 rings (SSSR count). The van der Waals surface area contributed by atoms with Crippen molar-refractivity contribution in [3.05, 3.63) is 65.7 Å². The van der Waals surface area contributed by atoms with Gasteiger partial charge in [-0.2, -0.15) is 0 Å². The molecule has 0 radical (unpaired) electrons. The van der Waals surface area contributed by atoms with Gasteiger partial charge in [0.05, 0.1) is 20.3 Å². The molecule has 1 N–H and O–H groups in total. The molecule has 1 aliphatic heterocycles. The standard InChI is InChI=1S/C24H28N2O4/c1-17(25-23(27)15-8-18-6-11-20(29-2)12-7-18)24(28)26-16-4-5-22(26)19-9-13-21(30-3)14-10-19/h6-15,17,22H,4-5,16H2,1-3H3,(H,25,27)/b15-8+. The van der Waals surface area contributed by atoms with Gasteiger partial charge in [-0.1, -0.05) is 24.3 Å². The van der Waals surface area contributed by atoms with Crippen molar-refractivity contribution in [2.75, 3.05) is 20.8 Å². The first-order chi connectivity index (χ1) is 14.5. The minimum Gasteiger partial charge on any atom is -0.497 e. The number of nitrogens with one attached hydrogen (secondary N) is 1. The summed E-state index contributed by atoms with van der Waals surface area (Å²) < 4.78 is 10.3. The number of likely N-dealkylation sites (tertiary alicyclic amines) is 1. The fourth-order valence-electron chi connectivity index (χ4n) is 3.66. The Hall–Kier alpha value is -3.28. The molecule has 1 aliphatic rings. The van der Waals surface area contributed by atoms with Crippen molar-refractivity contribution in [1.82, 2.24) is 10.2 Å². The first-order valence-corrected chi connectivity index (χ1v) is 10.1. The quantitative estimate of drug-likeness (QED) is 0.711. The molecule has 30 heavy (non-hydrogen) atoms. The maximum Gasteiger partial charge on any atom is 0.245 e. The van der Waals surface area contributed by atoms with Gasteiger partial charge in [-0.3, -0.25) is 9.59 Å². The van der Waals surface area contributed by atoms with Gasteiger partial charge >= 0.3 is 0 Å². The lowest BCUT2D eigenvalue weighted by Gasteiger charge is -2.28. The summed E-state index contributed by atoms with van der Waals surface area (Å²) in [5.41, 5.74) is 1.96. The fourth-order valence-corrected chi connectivity index (χ4v) is 3.66. The van der Waals surface area contributed by atoms with Crippen LogP contribution in [0.25, 0.3) is 6.08 Å². The Kier molecular flexibility index (Phi) is 7.12. The Bertz CT molecular complexity index is 890. The van der Waals surface area contributed by atoms with Gasteiger partial charge in [-0.25, -0.2) is 0 Å². The highest BCUT2D eigenvalue weighted by atomic mass is 16.5. The Balaban J connectivity index is 1.59. The highest BCUT2D eigenvalue weighted by molar-refractivity contribution is 5.95. The van der Waals surface area contributed by atoms with Gasteiger partial charge in [0, 0.05) is 12.6 Å². The van der Waals surface area contributed by atoms with Crippen LogP contribution in [0.4, 0.5) is 0 Å². The SMILES string of the molecule is COc1ccc(/C=C/C(=O)NC(C)C(=O)N2CCCC2c2ccc(OC)cc2)cc1. The number of ether oxygens (including phenoxy) is 2. The molecule has 1 fully saturated rings. The van der Waals surface area contributed by atoms with Crippen molar-refractivity contribution in [2.24, 2.45) is 0 Å². The first-order valence-electron chi connectivity index (χ1n) is 10.1. The lowest BCUT2D eigenvalue weighted by Crippen LogP contribution is -2.46. The van der Waals surface area contributed by atoms with E-state index in [1.165, 1.54) is 6.08 Å². The Morgan fingerprint density at radius 3 is 2.23 bits per heavy atom. The van der Waals surface area contributed by atoms with Crippen LogP contribution in [0.3, 0.4) is 0 Å². The van der Waals surface area contributed by atoms with E-state index >= 15 is 0 Å². The highest BCUT2D eigenvalue weighted by Crippen LogP contribution is 2.33. The van der Waals surface area contributed by atoms with Gasteiger partial charge in [-0.05, 0) is 61.2 Å². The highest BCUT2D eigenvalue weighted by Gasteiger charge is 2.32. The van der Waals surface area contributed by atoms with Crippen LogP contribution in [0.15, 0.2) is 54.6 Å². The molecule has 0 aliphatic carbocycles. The van der Waals surface area contributed by atoms with Crippen molar-refractivity contribution in [2.45, 2.75) is 31.8 Å². The van der Waals surface area contributed by atoms with Crippen molar-refractivity contribution in [1.29, 1.82) is 0 Å². The summed E-state index contributed by atoms with van der Waals surface area (Å²) in [5.74, 6) is 1.18. The third kappa shape index (κ3) is 5.20. The molecule has 1 heterocycles. The zero-order valence-electron chi connectivity index (χ0n) is 17.6. The largest absolute Gasteiger partial charge is 0.497 e. The van der Waals surface area contributed by atoms with Gasteiger partial charge < -0.3 is 19.7 Å². The van der Waals surface area contributed by atoms with Gasteiger partial charge in [-0.15, -0.1) is 0 Å². The fraction of sp³-hybridized carbons (Fsp3) is 0.333. The smallest absolute Gasteiger partial charge is 0.245 e. The van der Waals surface area contributed by atoms with Crippen LogP contribution < -0.4 is 14.8 Å². The number of hydrogen-bond donors (Lipinski definition) is 1. The van der Waals surface area contributed by atoms with E-state index in [0.29, 0.717) is 6.54 Å². The van der Waals surface area contributed by atoms with Gasteiger partial charge in [0.15, 0.2) is 0 Å². The summed E-state index contributed by atoms with van der Waals surface area (Å²) in [5, 5.41) is 2.78. The van der Waals surface area contributed by atoms with Crippen molar-refractivity contribution in [3.63, 3.8) is 0 Å². The molecule has 0 bridgehead atoms. The van der Waals surface area contributed by atoms with Crippen LogP contribution in [0, 0.1) is 0 Å². The number of hydrogen-bond acceptors (Lipinski definition) is 4. The third-order valence-electron chi connectivity index (χ3n) is 5.31. The average molecular weight is 408 g/mol. The molecule has 6 heteroatoms. The molecular weight excluding hydrogens is 380 g/mol. The van der Waals surface area contributed by atoms with E-state index in [1.54, 1.807) is 27.2 Å². The van der Waals surface area contributed by atoms with E-state index in [9.17, 15) is 9.59 Å². The topological polar surface area (TPSA) is 67.9 Å². The second-order valence-electron chi connectivity index (χ2n) is 7.30. The average Bonchev–Trinajstić information content (AvgIpc) is 3.27. The molecule has 2 amide bonds. The number of nitrogens with zero attached hydrogens (tertiary/aromatic N) is 1. The molecule has 2 unspecified atom stereocenters. The summed E-state index contributed by atoms with van der Waals surface area (Å²) in [6, 6.07) is 14.6. The summed E-state index contributed by atoms with van der Waals surface area (Å²) >= 11 is 0. The van der Waals surface area contributed by atoms with E-state index in [1.807, 2.05) is 53.4 Å². The summed E-state index contributed by atoms with van der Waals surface area (Å²) in [4.78, 5) is 27.1. The zero-order valence-corrected chi connectivity index (χ0v) is 17.6. The van der Waals surface area contributed by atoms with Crippen LogP contribution >= 0.6 is 0 Å². The summed E-state index contributed by atoms with van der Waals surface area (Å²) in [7, 11) is 3.24. The van der Waals surface area contributed by atoms with Crippen molar-refractivity contribution < 1.29 is 19.1 Å². The monoisotopic (exact) mass is 408 g/mol. The molecule has 0 spiro atoms. The molecule has 158 valence electrons. The van der Waals surface area contributed by atoms with Crippen LogP contribution in [-0.4, -0.2) is 43.5 Å². The Labute approximate surface area is 177 Å². The minimum atomic E-state index is -0.600. The van der Waals surface area contributed by atoms with E-state index < -0.39 is 6.04 Å². The summed E-state index contributed by atoms with van der Waals surface area (Å²) in [6.07, 6.45) is 5.01. The van der Waals surface area contributed by atoms with Crippen LogP contribution in [0.2, 0.25) is 0 Å². The number of methoxy groups -OCH3 is 2. The maximum absolute atomic E-state index is 13.0. The molecule has 2 aromatic rings. The van der Waals surface area contributed by atoms with Crippen LogP contribution in [-0.2, 0) is 9.59 Å². The van der Waals surface area contributed by atoms with Gasteiger partial charge in [0.1, 0.15) is 17.5 Å². The third-order valence-corrected chi connectivity index (χ3v) is 5.31. The molecule has 2 atom stereocenters. The second kappa shape index (κ2) is 9.96. The zero-order chi connectivity index (χ0) is 21.5. The second-order valence-corrected chi connectivity index (χ2v) is 7.30. The molecule has 1 saturated heterocycles. The maximum atomic E-state index is 13.0. The van der Waals surface area contributed by atoms with Crippen molar-refractivity contribution >= 4 is 17.9 Å². The predicted octanol–water partition coefficient (Wildman–Crippen LogP) is 3.59. The van der Waals surface area contributed by atoms with Crippen LogP contribution in [0.5, 0.6) is 11.5 Å². The number of carbonyl (C=O) groups excluding carboxylic acids is 2. The minimum absolute atomic E-state index is 0.0256. The Morgan fingerprint density at radius 2 is 1.63 bits per heavy atom. The molecule has 6 nitrogen and oxygen atoms in total. The van der Waals surface area contributed by atoms with Crippen LogP contribution in [0.1, 0.15) is 36.9 Å². The van der Waals surface area contributed by atoms with Crippen molar-refractivity contribution in [3.8, 4) is 11.5 Å². The number of benzene rings is 2. The predicted molar refractivity (Wildman–Crippen MR) is 116 cm³/mol.